The van der Waals surface area contributed by atoms with Crippen molar-refractivity contribution in [2.45, 2.75) is 13.8 Å². The van der Waals surface area contributed by atoms with E-state index in [1.807, 2.05) is 19.9 Å². The monoisotopic (exact) mass is 303 g/mol. The van der Waals surface area contributed by atoms with Gasteiger partial charge < -0.3 is 10.1 Å². The average molecular weight is 303 g/mol. The summed E-state index contributed by atoms with van der Waals surface area (Å²) in [5.41, 5.74) is 2.93. The zero-order valence-corrected chi connectivity index (χ0v) is 13.0. The van der Waals surface area contributed by atoms with Crippen molar-refractivity contribution in [3.8, 4) is 0 Å². The molecule has 0 aliphatic carbocycles. The van der Waals surface area contributed by atoms with E-state index in [1.54, 1.807) is 10.6 Å². The highest BCUT2D eigenvalue weighted by atomic mass is 16.5. The van der Waals surface area contributed by atoms with Gasteiger partial charge in [0, 0.05) is 37.9 Å². The first-order chi connectivity index (χ1) is 10.6. The van der Waals surface area contributed by atoms with Gasteiger partial charge in [-0.15, -0.1) is 0 Å². The molecule has 0 bridgehead atoms. The smallest absolute Gasteiger partial charge is 0.270 e. The van der Waals surface area contributed by atoms with Gasteiger partial charge in [-0.05, 0) is 19.9 Å². The molecule has 22 heavy (non-hydrogen) atoms. The topological polar surface area (TPSA) is 71.8 Å². The van der Waals surface area contributed by atoms with Crippen LogP contribution >= 0.6 is 0 Å². The van der Waals surface area contributed by atoms with Crippen molar-refractivity contribution in [3.63, 3.8) is 0 Å². The van der Waals surface area contributed by atoms with Crippen LogP contribution < -0.4 is 5.32 Å². The van der Waals surface area contributed by atoms with Crippen LogP contribution in [0.4, 0.5) is 0 Å². The van der Waals surface area contributed by atoms with Crippen molar-refractivity contribution >= 4 is 11.6 Å². The predicted molar refractivity (Wildman–Crippen MR) is 82.1 cm³/mol. The molecule has 0 unspecified atom stereocenters. The van der Waals surface area contributed by atoms with Crippen LogP contribution in [0.1, 0.15) is 21.9 Å². The molecule has 1 aliphatic rings. The van der Waals surface area contributed by atoms with E-state index in [0.717, 1.165) is 44.2 Å². The highest BCUT2D eigenvalue weighted by molar-refractivity contribution is 5.92. The number of nitrogens with zero attached hydrogens (tertiary/aromatic N) is 4. The van der Waals surface area contributed by atoms with Crippen LogP contribution in [0, 0.1) is 13.8 Å². The van der Waals surface area contributed by atoms with Gasteiger partial charge in [-0.2, -0.15) is 5.10 Å². The molecular weight excluding hydrogens is 282 g/mol. The maximum absolute atomic E-state index is 12.2. The lowest BCUT2D eigenvalue weighted by Gasteiger charge is -2.26. The van der Waals surface area contributed by atoms with Gasteiger partial charge >= 0.3 is 0 Å². The first-order valence-electron chi connectivity index (χ1n) is 7.56. The third-order valence-corrected chi connectivity index (χ3v) is 3.78. The molecule has 1 aliphatic heterocycles. The van der Waals surface area contributed by atoms with Crippen molar-refractivity contribution in [2.75, 3.05) is 39.4 Å². The summed E-state index contributed by atoms with van der Waals surface area (Å²) in [7, 11) is 0. The fourth-order valence-electron chi connectivity index (χ4n) is 2.60. The molecule has 0 spiro atoms. The van der Waals surface area contributed by atoms with Crippen molar-refractivity contribution in [1.29, 1.82) is 0 Å². The number of nitrogens with one attached hydrogen (secondary N) is 1. The van der Waals surface area contributed by atoms with Gasteiger partial charge in [0.2, 0.25) is 0 Å². The number of fused-ring (bicyclic) bond motifs is 1. The van der Waals surface area contributed by atoms with Crippen LogP contribution in [-0.4, -0.2) is 64.8 Å². The van der Waals surface area contributed by atoms with Crippen molar-refractivity contribution in [3.05, 3.63) is 29.2 Å². The highest BCUT2D eigenvalue weighted by Gasteiger charge is 2.13. The van der Waals surface area contributed by atoms with E-state index in [0.29, 0.717) is 17.9 Å². The largest absolute Gasteiger partial charge is 0.379 e. The molecule has 0 radical (unpaired) electrons. The van der Waals surface area contributed by atoms with Gasteiger partial charge in [-0.3, -0.25) is 9.69 Å². The fraction of sp³-hybridized carbons (Fsp3) is 0.533. The summed E-state index contributed by atoms with van der Waals surface area (Å²) >= 11 is 0. The van der Waals surface area contributed by atoms with Crippen LogP contribution in [0.3, 0.4) is 0 Å². The van der Waals surface area contributed by atoms with Gasteiger partial charge in [-0.1, -0.05) is 0 Å². The van der Waals surface area contributed by atoms with E-state index >= 15 is 0 Å². The summed E-state index contributed by atoms with van der Waals surface area (Å²) in [6.45, 7) is 8.67. The van der Waals surface area contributed by atoms with Gasteiger partial charge in [0.25, 0.3) is 5.91 Å². The Morgan fingerprint density at radius 1 is 1.32 bits per heavy atom. The van der Waals surface area contributed by atoms with E-state index in [-0.39, 0.29) is 5.91 Å². The summed E-state index contributed by atoms with van der Waals surface area (Å²) in [4.78, 5) is 18.9. The summed E-state index contributed by atoms with van der Waals surface area (Å²) < 4.78 is 7.06. The maximum atomic E-state index is 12.2. The molecule has 3 rings (SSSR count). The Hall–Kier alpha value is -1.99. The fourth-order valence-corrected chi connectivity index (χ4v) is 2.60. The Balaban J connectivity index is 1.62. The van der Waals surface area contributed by atoms with Crippen LogP contribution in [0.5, 0.6) is 0 Å². The van der Waals surface area contributed by atoms with E-state index in [4.69, 9.17) is 4.74 Å². The Morgan fingerprint density at radius 3 is 2.86 bits per heavy atom. The van der Waals surface area contributed by atoms with Crippen molar-refractivity contribution < 1.29 is 9.53 Å². The molecule has 0 aromatic carbocycles. The highest BCUT2D eigenvalue weighted by Crippen LogP contribution is 2.08. The Labute approximate surface area is 129 Å². The molecule has 7 heteroatoms. The third-order valence-electron chi connectivity index (χ3n) is 3.78. The maximum Gasteiger partial charge on any atom is 0.270 e. The molecule has 7 nitrogen and oxygen atoms in total. The molecule has 2 aromatic rings. The number of carbonyl (C=O) groups is 1. The Morgan fingerprint density at radius 2 is 2.09 bits per heavy atom. The van der Waals surface area contributed by atoms with Crippen molar-refractivity contribution in [2.24, 2.45) is 0 Å². The Bertz CT molecular complexity index is 676. The zero-order chi connectivity index (χ0) is 15.5. The number of hydrogen-bond acceptors (Lipinski definition) is 5. The minimum absolute atomic E-state index is 0.141. The molecule has 0 atom stereocenters. The van der Waals surface area contributed by atoms with Crippen LogP contribution in [0.2, 0.25) is 0 Å². The number of hydrogen-bond donors (Lipinski definition) is 1. The summed E-state index contributed by atoms with van der Waals surface area (Å²) in [6.07, 6.45) is 0. The second kappa shape index (κ2) is 6.41. The number of carbonyl (C=O) groups excluding carboxylic acids is 1. The molecule has 1 saturated heterocycles. The second-order valence-corrected chi connectivity index (χ2v) is 5.55. The molecular formula is C15H21N5O2. The number of morpholine rings is 1. The standard InChI is InChI=1S/C15H21N5O2/c1-11-9-14-17-13(10-12(2)20(14)18-11)15(21)16-3-4-19-5-7-22-8-6-19/h9-10H,3-8H2,1-2H3,(H,16,21). The lowest BCUT2D eigenvalue weighted by atomic mass is 10.3. The molecule has 1 amide bonds. The van der Waals surface area contributed by atoms with E-state index in [1.165, 1.54) is 0 Å². The van der Waals surface area contributed by atoms with Crippen LogP contribution in [0.25, 0.3) is 5.65 Å². The van der Waals surface area contributed by atoms with E-state index < -0.39 is 0 Å². The van der Waals surface area contributed by atoms with Crippen LogP contribution in [0.15, 0.2) is 12.1 Å². The number of aromatic nitrogens is 3. The minimum atomic E-state index is -0.141. The molecule has 118 valence electrons. The van der Waals surface area contributed by atoms with Gasteiger partial charge in [0.05, 0.1) is 18.9 Å². The second-order valence-electron chi connectivity index (χ2n) is 5.55. The van der Waals surface area contributed by atoms with Gasteiger partial charge in [0.1, 0.15) is 5.69 Å². The first-order valence-corrected chi connectivity index (χ1v) is 7.56. The van der Waals surface area contributed by atoms with Crippen LogP contribution in [-0.2, 0) is 4.74 Å². The summed E-state index contributed by atoms with van der Waals surface area (Å²) in [5.74, 6) is -0.141. The van der Waals surface area contributed by atoms with E-state index in [9.17, 15) is 4.79 Å². The third kappa shape index (κ3) is 3.26. The number of aryl methyl sites for hydroxylation is 2. The van der Waals surface area contributed by atoms with Gasteiger partial charge in [-0.25, -0.2) is 9.50 Å². The SMILES string of the molecule is Cc1cc2nc(C(=O)NCCN3CCOCC3)cc(C)n2n1. The van der Waals surface area contributed by atoms with E-state index in [2.05, 4.69) is 20.3 Å². The zero-order valence-electron chi connectivity index (χ0n) is 13.0. The number of rotatable bonds is 4. The minimum Gasteiger partial charge on any atom is -0.379 e. The number of amides is 1. The molecule has 0 saturated carbocycles. The van der Waals surface area contributed by atoms with Gasteiger partial charge in [0.15, 0.2) is 5.65 Å². The lowest BCUT2D eigenvalue weighted by molar-refractivity contribution is 0.0383. The molecule has 3 heterocycles. The lowest BCUT2D eigenvalue weighted by Crippen LogP contribution is -2.41. The average Bonchev–Trinajstić information content (AvgIpc) is 2.89. The first kappa shape index (κ1) is 14.9. The molecule has 1 N–H and O–H groups in total. The number of ether oxygens (including phenoxy) is 1. The summed E-state index contributed by atoms with van der Waals surface area (Å²) in [6, 6.07) is 3.64. The normalized spacial score (nSPS) is 16.1. The molecule has 1 fully saturated rings. The van der Waals surface area contributed by atoms with Crippen molar-refractivity contribution in [1.82, 2.24) is 24.8 Å². The predicted octanol–water partition coefficient (Wildman–Crippen LogP) is 0.408. The summed E-state index contributed by atoms with van der Waals surface area (Å²) in [5, 5.41) is 7.27. The molecule has 2 aromatic heterocycles. The quantitative estimate of drug-likeness (QED) is 0.885. The Kier molecular flexibility index (Phi) is 4.35.